The molecule has 2 N–H and O–H groups in total. The van der Waals surface area contributed by atoms with Gasteiger partial charge in [-0.1, -0.05) is 42.5 Å². The minimum absolute atomic E-state index is 0.0297. The Morgan fingerprint density at radius 3 is 2.47 bits per heavy atom. The quantitative estimate of drug-likeness (QED) is 0.440. The lowest BCUT2D eigenvalue weighted by Gasteiger charge is -2.39. The average molecular weight is 426 g/mol. The van der Waals surface area contributed by atoms with Crippen LogP contribution in [-0.4, -0.2) is 36.4 Å². The summed E-state index contributed by atoms with van der Waals surface area (Å²) in [6, 6.07) is 27.1. The van der Waals surface area contributed by atoms with Crippen LogP contribution < -0.4 is 10.5 Å². The standard InChI is InChI=1S/C27H27N3O2/c28-18-20-10-12-22(13-11-20)32-27-15-17-30(19-24(27)21-6-2-1-3-7-21)16-14-26(31)23-8-4-5-9-25(23)29/h1-13,24,27H,14-17,19,29H2/t24-,27-/m1/s1. The van der Waals surface area contributed by atoms with Crippen molar-refractivity contribution in [3.05, 3.63) is 95.6 Å². The predicted molar refractivity (Wildman–Crippen MR) is 126 cm³/mol. The molecule has 0 amide bonds. The fourth-order valence-electron chi connectivity index (χ4n) is 4.29. The second kappa shape index (κ2) is 10.1. The monoisotopic (exact) mass is 425 g/mol. The van der Waals surface area contributed by atoms with E-state index in [1.807, 2.05) is 30.3 Å². The Hall–Kier alpha value is -3.62. The summed E-state index contributed by atoms with van der Waals surface area (Å²) in [5, 5.41) is 9.02. The maximum absolute atomic E-state index is 12.7. The Kier molecular flexibility index (Phi) is 6.84. The molecule has 1 fully saturated rings. The Labute approximate surface area is 189 Å². The number of ketones is 1. The van der Waals surface area contributed by atoms with Crippen molar-refractivity contribution >= 4 is 11.5 Å². The number of carbonyl (C=O) groups excluding carboxylic acids is 1. The molecule has 0 unspecified atom stereocenters. The maximum Gasteiger partial charge on any atom is 0.166 e. The summed E-state index contributed by atoms with van der Waals surface area (Å²) in [5.74, 6) is 1.05. The number of ether oxygens (including phenoxy) is 1. The number of likely N-dealkylation sites (tertiary alicyclic amines) is 1. The number of nitriles is 1. The normalized spacial score (nSPS) is 18.6. The Morgan fingerprint density at radius 1 is 1.03 bits per heavy atom. The smallest absolute Gasteiger partial charge is 0.166 e. The van der Waals surface area contributed by atoms with Crippen LogP contribution in [0.2, 0.25) is 0 Å². The van der Waals surface area contributed by atoms with Crippen molar-refractivity contribution in [3.8, 4) is 11.8 Å². The van der Waals surface area contributed by atoms with Gasteiger partial charge in [0.25, 0.3) is 0 Å². The molecule has 1 aliphatic heterocycles. The van der Waals surface area contributed by atoms with Crippen LogP contribution in [0.5, 0.6) is 5.75 Å². The summed E-state index contributed by atoms with van der Waals surface area (Å²) in [6.45, 7) is 2.38. The summed E-state index contributed by atoms with van der Waals surface area (Å²) >= 11 is 0. The van der Waals surface area contributed by atoms with Gasteiger partial charge < -0.3 is 15.4 Å². The molecule has 1 heterocycles. The first-order valence-corrected chi connectivity index (χ1v) is 11.0. The summed E-state index contributed by atoms with van der Waals surface area (Å²) in [6.07, 6.45) is 1.33. The summed E-state index contributed by atoms with van der Waals surface area (Å²) in [7, 11) is 0. The van der Waals surface area contributed by atoms with Crippen molar-refractivity contribution in [3.63, 3.8) is 0 Å². The van der Waals surface area contributed by atoms with Gasteiger partial charge >= 0.3 is 0 Å². The molecule has 4 rings (SSSR count). The van der Waals surface area contributed by atoms with E-state index < -0.39 is 0 Å². The van der Waals surface area contributed by atoms with Crippen LogP contribution >= 0.6 is 0 Å². The number of nitrogens with zero attached hydrogens (tertiary/aromatic N) is 2. The third-order valence-electron chi connectivity index (χ3n) is 6.05. The van der Waals surface area contributed by atoms with Crippen molar-refractivity contribution in [1.82, 2.24) is 4.90 Å². The van der Waals surface area contributed by atoms with Gasteiger partial charge in [0.1, 0.15) is 11.9 Å². The van der Waals surface area contributed by atoms with Crippen molar-refractivity contribution < 1.29 is 9.53 Å². The lowest BCUT2D eigenvalue weighted by Crippen LogP contribution is -2.44. The highest BCUT2D eigenvalue weighted by Crippen LogP contribution is 2.31. The molecule has 5 heteroatoms. The lowest BCUT2D eigenvalue weighted by molar-refractivity contribution is 0.0736. The fourth-order valence-corrected chi connectivity index (χ4v) is 4.29. The van der Waals surface area contributed by atoms with Crippen LogP contribution in [0, 0.1) is 11.3 Å². The highest BCUT2D eigenvalue weighted by Gasteiger charge is 2.32. The summed E-state index contributed by atoms with van der Waals surface area (Å²) in [5.41, 5.74) is 8.96. The second-order valence-electron chi connectivity index (χ2n) is 8.16. The van der Waals surface area contributed by atoms with E-state index in [0.717, 1.165) is 25.3 Å². The van der Waals surface area contributed by atoms with Crippen LogP contribution in [0.4, 0.5) is 5.69 Å². The lowest BCUT2D eigenvalue weighted by atomic mass is 9.87. The van der Waals surface area contributed by atoms with Gasteiger partial charge in [0.2, 0.25) is 0 Å². The SMILES string of the molecule is N#Cc1ccc(O[C@@H]2CCN(CCC(=O)c3ccccc3N)C[C@@H]2c2ccccc2)cc1. The highest BCUT2D eigenvalue weighted by molar-refractivity contribution is 6.00. The number of hydrogen-bond donors (Lipinski definition) is 1. The number of benzene rings is 3. The zero-order valence-corrected chi connectivity index (χ0v) is 18.0. The molecule has 3 aromatic carbocycles. The molecule has 32 heavy (non-hydrogen) atoms. The Morgan fingerprint density at radius 2 is 1.75 bits per heavy atom. The van der Waals surface area contributed by atoms with Crippen LogP contribution in [0.15, 0.2) is 78.9 Å². The van der Waals surface area contributed by atoms with Gasteiger partial charge in [-0.25, -0.2) is 0 Å². The second-order valence-corrected chi connectivity index (χ2v) is 8.16. The van der Waals surface area contributed by atoms with Gasteiger partial charge in [-0.2, -0.15) is 5.26 Å². The van der Waals surface area contributed by atoms with E-state index >= 15 is 0 Å². The number of Topliss-reactive ketones (excluding diaryl/α,β-unsaturated/α-hetero) is 1. The average Bonchev–Trinajstić information content (AvgIpc) is 2.84. The number of nitrogen functional groups attached to an aromatic ring is 1. The number of para-hydroxylation sites is 1. The number of piperidine rings is 1. The van der Waals surface area contributed by atoms with Gasteiger partial charge in [0, 0.05) is 43.2 Å². The van der Waals surface area contributed by atoms with Crippen LogP contribution in [0.1, 0.15) is 40.2 Å². The fraction of sp³-hybridized carbons (Fsp3) is 0.259. The third kappa shape index (κ3) is 5.16. The zero-order chi connectivity index (χ0) is 22.3. The first-order chi connectivity index (χ1) is 15.6. The van der Waals surface area contributed by atoms with Crippen LogP contribution in [-0.2, 0) is 0 Å². The molecule has 1 aliphatic rings. The molecular weight excluding hydrogens is 398 g/mol. The molecule has 0 radical (unpaired) electrons. The van der Waals surface area contributed by atoms with Gasteiger partial charge in [-0.05, 0) is 48.4 Å². The first kappa shape index (κ1) is 21.6. The zero-order valence-electron chi connectivity index (χ0n) is 18.0. The molecule has 0 spiro atoms. The van der Waals surface area contributed by atoms with Gasteiger partial charge in [-0.15, -0.1) is 0 Å². The highest BCUT2D eigenvalue weighted by atomic mass is 16.5. The number of anilines is 1. The van der Waals surface area contributed by atoms with Crippen LogP contribution in [0.25, 0.3) is 0 Å². The van der Waals surface area contributed by atoms with E-state index in [4.69, 9.17) is 15.7 Å². The number of nitrogens with two attached hydrogens (primary N) is 1. The van der Waals surface area contributed by atoms with Gasteiger partial charge in [0.15, 0.2) is 5.78 Å². The minimum Gasteiger partial charge on any atom is -0.490 e. The summed E-state index contributed by atoms with van der Waals surface area (Å²) < 4.78 is 6.36. The number of rotatable bonds is 7. The van der Waals surface area contributed by atoms with E-state index in [0.29, 0.717) is 29.8 Å². The van der Waals surface area contributed by atoms with Crippen molar-refractivity contribution in [2.24, 2.45) is 0 Å². The van der Waals surface area contributed by atoms with Crippen molar-refractivity contribution in [2.75, 3.05) is 25.4 Å². The van der Waals surface area contributed by atoms with Crippen molar-refractivity contribution in [1.29, 1.82) is 5.26 Å². The topological polar surface area (TPSA) is 79.3 Å². The molecule has 162 valence electrons. The molecule has 0 bridgehead atoms. The van der Waals surface area contributed by atoms with E-state index in [-0.39, 0.29) is 17.8 Å². The van der Waals surface area contributed by atoms with E-state index in [1.165, 1.54) is 5.56 Å². The number of hydrogen-bond acceptors (Lipinski definition) is 5. The third-order valence-corrected chi connectivity index (χ3v) is 6.05. The van der Waals surface area contributed by atoms with Crippen LogP contribution in [0.3, 0.4) is 0 Å². The molecule has 0 saturated carbocycles. The minimum atomic E-state index is 0.0297. The molecule has 2 atom stereocenters. The molecule has 3 aromatic rings. The predicted octanol–water partition coefficient (Wildman–Crippen LogP) is 4.65. The largest absolute Gasteiger partial charge is 0.490 e. The number of carbonyl (C=O) groups is 1. The maximum atomic E-state index is 12.7. The first-order valence-electron chi connectivity index (χ1n) is 11.0. The van der Waals surface area contributed by atoms with Gasteiger partial charge in [0.05, 0.1) is 11.6 Å². The molecule has 5 nitrogen and oxygen atoms in total. The molecule has 0 aromatic heterocycles. The van der Waals surface area contributed by atoms with E-state index in [1.54, 1.807) is 24.3 Å². The van der Waals surface area contributed by atoms with E-state index in [2.05, 4.69) is 35.2 Å². The van der Waals surface area contributed by atoms with Crippen molar-refractivity contribution in [2.45, 2.75) is 24.9 Å². The Balaban J connectivity index is 1.44. The molecule has 0 aliphatic carbocycles. The Bertz CT molecular complexity index is 1090. The van der Waals surface area contributed by atoms with E-state index in [9.17, 15) is 4.79 Å². The molecular formula is C27H27N3O2. The van der Waals surface area contributed by atoms with Gasteiger partial charge in [-0.3, -0.25) is 4.79 Å². The molecule has 1 saturated heterocycles. The summed E-state index contributed by atoms with van der Waals surface area (Å²) in [4.78, 5) is 15.0.